The van der Waals surface area contributed by atoms with E-state index in [2.05, 4.69) is 22.1 Å². The highest BCUT2D eigenvalue weighted by atomic mass is 19.2. The van der Waals surface area contributed by atoms with Crippen molar-refractivity contribution in [3.05, 3.63) is 41.2 Å². The molecule has 1 aliphatic rings. The highest BCUT2D eigenvalue weighted by Gasteiger charge is 2.32. The number of carbonyl (C=O) groups excluding carboxylic acids is 2. The van der Waals surface area contributed by atoms with Gasteiger partial charge in [-0.05, 0) is 50.9 Å². The van der Waals surface area contributed by atoms with E-state index in [4.69, 9.17) is 0 Å². The van der Waals surface area contributed by atoms with Gasteiger partial charge < -0.3 is 9.88 Å². The maximum absolute atomic E-state index is 14.0. The number of rotatable bonds is 8. The maximum atomic E-state index is 14.0. The summed E-state index contributed by atoms with van der Waals surface area (Å²) in [7, 11) is 1.97. The highest BCUT2D eigenvalue weighted by molar-refractivity contribution is 5.98. The number of imidazole rings is 1. The number of aromatic nitrogens is 2. The van der Waals surface area contributed by atoms with Crippen LogP contribution in [0.2, 0.25) is 0 Å². The van der Waals surface area contributed by atoms with Gasteiger partial charge in [0.2, 0.25) is 0 Å². The minimum absolute atomic E-state index is 0.0131. The van der Waals surface area contributed by atoms with Gasteiger partial charge in [0.1, 0.15) is 5.82 Å². The number of Topliss-reactive ketones (excluding diaryl/α,β-unsaturated/α-hetero) is 1. The molecule has 1 aliphatic heterocycles. The van der Waals surface area contributed by atoms with E-state index < -0.39 is 23.6 Å². The minimum Gasteiger partial charge on any atom is -0.341 e. The quantitative estimate of drug-likeness (QED) is 0.633. The van der Waals surface area contributed by atoms with E-state index in [1.807, 2.05) is 39.3 Å². The molecule has 0 bridgehead atoms. The van der Waals surface area contributed by atoms with Crippen LogP contribution >= 0.6 is 0 Å². The summed E-state index contributed by atoms with van der Waals surface area (Å²) in [5.74, 6) is -1.82. The fraction of sp³-hybridized carbons (Fsp3) is 0.560. The molecule has 0 spiro atoms. The normalized spacial score (nSPS) is 18.2. The van der Waals surface area contributed by atoms with Crippen LogP contribution in [0, 0.1) is 23.5 Å². The number of nitrogens with one attached hydrogen (secondary N) is 1. The number of amides is 1. The minimum atomic E-state index is -0.965. The molecule has 3 unspecified atom stereocenters. The summed E-state index contributed by atoms with van der Waals surface area (Å²) in [5.41, 5.74) is 1.33. The Labute approximate surface area is 194 Å². The molecule has 180 valence electrons. The summed E-state index contributed by atoms with van der Waals surface area (Å²) in [6.07, 6.45) is 1.24. The van der Waals surface area contributed by atoms with Crippen molar-refractivity contribution < 1.29 is 18.4 Å². The molecule has 0 saturated heterocycles. The highest BCUT2D eigenvalue weighted by Crippen LogP contribution is 2.29. The van der Waals surface area contributed by atoms with Crippen LogP contribution in [0.4, 0.5) is 8.78 Å². The third-order valence-electron chi connectivity index (χ3n) is 6.52. The van der Waals surface area contributed by atoms with Gasteiger partial charge in [0, 0.05) is 30.6 Å². The van der Waals surface area contributed by atoms with Gasteiger partial charge >= 0.3 is 0 Å². The zero-order chi connectivity index (χ0) is 24.4. The molecule has 0 radical (unpaired) electrons. The molecule has 33 heavy (non-hydrogen) atoms. The molecule has 1 amide bonds. The zero-order valence-electron chi connectivity index (χ0n) is 20.3. The molecule has 3 rings (SSSR count). The molecular formula is C25H34F2N4O2. The molecule has 1 aromatic heterocycles. The second-order valence-corrected chi connectivity index (χ2v) is 9.60. The van der Waals surface area contributed by atoms with Crippen molar-refractivity contribution in [1.82, 2.24) is 19.8 Å². The molecular weight excluding hydrogens is 426 g/mol. The number of fused-ring (bicyclic) bond motifs is 1. The first-order chi connectivity index (χ1) is 15.5. The summed E-state index contributed by atoms with van der Waals surface area (Å²) in [6.45, 7) is 10.9. The maximum Gasteiger partial charge on any atom is 0.272 e. The van der Waals surface area contributed by atoms with Crippen LogP contribution in [0.15, 0.2) is 18.2 Å². The summed E-state index contributed by atoms with van der Waals surface area (Å²) >= 11 is 0. The van der Waals surface area contributed by atoms with Crippen molar-refractivity contribution in [2.45, 2.75) is 72.6 Å². The van der Waals surface area contributed by atoms with E-state index in [1.165, 1.54) is 6.07 Å². The molecule has 0 fully saturated rings. The Morgan fingerprint density at radius 3 is 2.52 bits per heavy atom. The average molecular weight is 461 g/mol. The first kappa shape index (κ1) is 25.0. The van der Waals surface area contributed by atoms with Crippen LogP contribution < -0.4 is 5.32 Å². The van der Waals surface area contributed by atoms with Gasteiger partial charge in [-0.15, -0.1) is 0 Å². The van der Waals surface area contributed by atoms with Crippen molar-refractivity contribution in [2.24, 2.45) is 11.8 Å². The number of carbonyl (C=O) groups is 2. The van der Waals surface area contributed by atoms with Crippen LogP contribution in [0.1, 0.15) is 63.6 Å². The van der Waals surface area contributed by atoms with E-state index in [0.717, 1.165) is 12.1 Å². The van der Waals surface area contributed by atoms with Crippen LogP contribution in [-0.2, 0) is 17.9 Å². The number of ketones is 1. The Balaban J connectivity index is 2.01. The van der Waals surface area contributed by atoms with E-state index in [0.29, 0.717) is 43.0 Å². The molecule has 8 heteroatoms. The molecule has 1 aromatic carbocycles. The smallest absolute Gasteiger partial charge is 0.272 e. The van der Waals surface area contributed by atoms with Gasteiger partial charge in [0.15, 0.2) is 23.1 Å². The summed E-state index contributed by atoms with van der Waals surface area (Å²) in [6, 6.07) is 3.20. The third-order valence-corrected chi connectivity index (χ3v) is 6.52. The van der Waals surface area contributed by atoms with Crippen molar-refractivity contribution in [1.29, 1.82) is 0 Å². The monoisotopic (exact) mass is 460 g/mol. The largest absolute Gasteiger partial charge is 0.341 e. The fourth-order valence-corrected chi connectivity index (χ4v) is 4.17. The Morgan fingerprint density at radius 1 is 1.21 bits per heavy atom. The number of nitrogens with zero attached hydrogens (tertiary/aromatic N) is 3. The van der Waals surface area contributed by atoms with Gasteiger partial charge in [-0.25, -0.2) is 13.8 Å². The van der Waals surface area contributed by atoms with Crippen molar-refractivity contribution >= 4 is 11.7 Å². The lowest BCUT2D eigenvalue weighted by Crippen LogP contribution is -2.45. The van der Waals surface area contributed by atoms with Crippen LogP contribution in [-0.4, -0.2) is 45.3 Å². The van der Waals surface area contributed by atoms with Gasteiger partial charge in [0.25, 0.3) is 5.91 Å². The molecule has 0 aliphatic carbocycles. The first-order valence-electron chi connectivity index (χ1n) is 11.6. The SMILES string of the molecule is CCC(C)C(=O)C(CC(C)C)NC(=O)c1nc(-c2ccc(F)c(F)c2)n2c1CN(C)C(C)C2. The Hall–Kier alpha value is -2.61. The lowest BCUT2D eigenvalue weighted by atomic mass is 9.91. The summed E-state index contributed by atoms with van der Waals surface area (Å²) in [4.78, 5) is 33.0. The van der Waals surface area contributed by atoms with Gasteiger partial charge in [-0.1, -0.05) is 27.7 Å². The summed E-state index contributed by atoms with van der Waals surface area (Å²) < 4.78 is 29.4. The van der Waals surface area contributed by atoms with Gasteiger partial charge in [-0.2, -0.15) is 0 Å². The Kier molecular flexibility index (Phi) is 7.67. The molecule has 1 N–H and O–H groups in total. The molecule has 3 atom stereocenters. The second kappa shape index (κ2) is 10.1. The Morgan fingerprint density at radius 2 is 1.91 bits per heavy atom. The fourth-order valence-electron chi connectivity index (χ4n) is 4.17. The molecule has 2 heterocycles. The molecule has 6 nitrogen and oxygen atoms in total. The lowest BCUT2D eigenvalue weighted by molar-refractivity contribution is -0.124. The number of hydrogen-bond acceptors (Lipinski definition) is 4. The van der Waals surface area contributed by atoms with E-state index in [-0.39, 0.29) is 29.4 Å². The zero-order valence-corrected chi connectivity index (χ0v) is 20.3. The van der Waals surface area contributed by atoms with Crippen molar-refractivity contribution in [3.63, 3.8) is 0 Å². The standard InChI is InChI=1S/C25H34F2N4O2/c1-7-15(4)23(32)20(10-14(2)3)28-25(33)22-21-13-30(6)16(5)12-31(21)24(29-22)17-8-9-18(26)19(27)11-17/h8-9,11,14-16,20H,7,10,12-13H2,1-6H3,(H,28,33). The van der Waals surface area contributed by atoms with Gasteiger partial charge in [-0.3, -0.25) is 14.5 Å². The van der Waals surface area contributed by atoms with Crippen molar-refractivity contribution in [2.75, 3.05) is 7.05 Å². The topological polar surface area (TPSA) is 67.2 Å². The van der Waals surface area contributed by atoms with Crippen molar-refractivity contribution in [3.8, 4) is 11.4 Å². The predicted molar refractivity (Wildman–Crippen MR) is 124 cm³/mol. The number of halogens is 2. The van der Waals surface area contributed by atoms with E-state index in [1.54, 1.807) is 0 Å². The van der Waals surface area contributed by atoms with Crippen LogP contribution in [0.5, 0.6) is 0 Å². The number of benzene rings is 1. The van der Waals surface area contributed by atoms with Gasteiger partial charge in [0.05, 0.1) is 11.7 Å². The average Bonchev–Trinajstić information content (AvgIpc) is 3.12. The molecule has 2 aromatic rings. The first-order valence-corrected chi connectivity index (χ1v) is 11.6. The van der Waals surface area contributed by atoms with E-state index >= 15 is 0 Å². The van der Waals surface area contributed by atoms with Crippen LogP contribution in [0.3, 0.4) is 0 Å². The predicted octanol–water partition coefficient (Wildman–Crippen LogP) is 4.42. The number of hydrogen-bond donors (Lipinski definition) is 1. The lowest BCUT2D eigenvalue weighted by Gasteiger charge is -2.32. The van der Waals surface area contributed by atoms with Crippen LogP contribution in [0.25, 0.3) is 11.4 Å². The van der Waals surface area contributed by atoms with E-state index in [9.17, 15) is 18.4 Å². The number of likely N-dealkylation sites (N-methyl/N-ethyl adjacent to an activating group) is 1. The molecule has 0 saturated carbocycles. The Bertz CT molecular complexity index is 1030. The second-order valence-electron chi connectivity index (χ2n) is 9.60. The summed E-state index contributed by atoms with van der Waals surface area (Å²) in [5, 5.41) is 2.92. The third kappa shape index (κ3) is 5.32.